The lowest BCUT2D eigenvalue weighted by Gasteiger charge is -2.17. The van der Waals surface area contributed by atoms with Gasteiger partial charge >= 0.3 is 12.0 Å². The number of urea groups is 1. The fraction of sp³-hybridized carbons (Fsp3) is 0.385. The van der Waals surface area contributed by atoms with E-state index in [0.29, 0.717) is 17.1 Å². The van der Waals surface area contributed by atoms with Crippen molar-refractivity contribution in [3.63, 3.8) is 0 Å². The normalized spacial score (nSPS) is 12.1. The second-order valence-corrected chi connectivity index (χ2v) is 6.34. The lowest BCUT2D eigenvalue weighted by molar-refractivity contribution is -0.139. The van der Waals surface area contributed by atoms with E-state index in [4.69, 9.17) is 16.7 Å². The smallest absolute Gasteiger partial charge is 0.326 e. The zero-order valence-corrected chi connectivity index (χ0v) is 14.0. The molecule has 1 aromatic rings. The van der Waals surface area contributed by atoms with E-state index in [1.165, 1.54) is 0 Å². The summed E-state index contributed by atoms with van der Waals surface area (Å²) in [5, 5.41) is 14.7. The van der Waals surface area contributed by atoms with Crippen LogP contribution in [0.25, 0.3) is 0 Å². The van der Waals surface area contributed by atoms with Gasteiger partial charge in [-0.3, -0.25) is 0 Å². The third-order valence-corrected chi connectivity index (χ3v) is 3.62. The molecule has 0 saturated heterocycles. The average molecular weight is 411 g/mol. The van der Waals surface area contributed by atoms with Gasteiger partial charge in [0.05, 0.1) is 5.69 Å². The molecule has 0 aliphatic rings. The van der Waals surface area contributed by atoms with Crippen molar-refractivity contribution in [2.75, 3.05) is 5.32 Å². The number of anilines is 1. The van der Waals surface area contributed by atoms with Crippen LogP contribution in [0.4, 0.5) is 10.5 Å². The van der Waals surface area contributed by atoms with Crippen molar-refractivity contribution >= 4 is 51.9 Å². The van der Waals surface area contributed by atoms with Crippen LogP contribution >= 0.6 is 34.2 Å². The zero-order chi connectivity index (χ0) is 15.3. The van der Waals surface area contributed by atoms with E-state index in [2.05, 4.69) is 10.6 Å². The molecule has 5 nitrogen and oxygen atoms in total. The number of halogens is 2. The van der Waals surface area contributed by atoms with E-state index in [9.17, 15) is 9.59 Å². The summed E-state index contributed by atoms with van der Waals surface area (Å²) in [7, 11) is 0. The van der Waals surface area contributed by atoms with Crippen molar-refractivity contribution in [2.24, 2.45) is 5.92 Å². The Morgan fingerprint density at radius 3 is 2.55 bits per heavy atom. The highest BCUT2D eigenvalue weighted by atomic mass is 127. The zero-order valence-electron chi connectivity index (χ0n) is 11.1. The Kier molecular flexibility index (Phi) is 6.54. The molecule has 3 N–H and O–H groups in total. The number of amides is 2. The second kappa shape index (κ2) is 7.68. The molecular weight excluding hydrogens is 395 g/mol. The lowest BCUT2D eigenvalue weighted by atomic mass is 10.0. The van der Waals surface area contributed by atoms with Crippen LogP contribution in [0.15, 0.2) is 18.2 Å². The van der Waals surface area contributed by atoms with Crippen molar-refractivity contribution in [3.05, 3.63) is 26.8 Å². The minimum Gasteiger partial charge on any atom is -0.480 e. The number of rotatable bonds is 5. The predicted octanol–water partition coefficient (Wildman–Crippen LogP) is 3.57. The van der Waals surface area contributed by atoms with Crippen LogP contribution < -0.4 is 10.6 Å². The van der Waals surface area contributed by atoms with Crippen LogP contribution in [0, 0.1) is 9.49 Å². The third-order valence-electron chi connectivity index (χ3n) is 2.49. The highest BCUT2D eigenvalue weighted by molar-refractivity contribution is 14.1. The summed E-state index contributed by atoms with van der Waals surface area (Å²) < 4.78 is 0.779. The molecule has 0 fully saturated rings. The molecule has 0 aliphatic carbocycles. The Morgan fingerprint density at radius 2 is 2.05 bits per heavy atom. The number of nitrogens with one attached hydrogen (secondary N) is 2. The molecule has 1 aromatic carbocycles. The summed E-state index contributed by atoms with van der Waals surface area (Å²) in [6, 6.07) is 3.59. The molecular formula is C13H16ClIN2O3. The van der Waals surface area contributed by atoms with Gasteiger partial charge in [0.2, 0.25) is 0 Å². The molecule has 110 valence electrons. The van der Waals surface area contributed by atoms with E-state index in [0.717, 1.165) is 3.57 Å². The first-order valence-corrected chi connectivity index (χ1v) is 7.50. The van der Waals surface area contributed by atoms with E-state index >= 15 is 0 Å². The van der Waals surface area contributed by atoms with Gasteiger partial charge in [-0.2, -0.15) is 0 Å². The minimum absolute atomic E-state index is 0.173. The molecule has 1 unspecified atom stereocenters. The standard InChI is InChI=1S/C13H16ClIN2O3/c1-7(2)5-11(12(18)19)17-13(20)16-10-4-3-8(14)6-9(10)15/h3-4,6-7,11H,5H2,1-2H3,(H,18,19)(H2,16,17,20). The Morgan fingerprint density at radius 1 is 1.40 bits per heavy atom. The molecule has 7 heteroatoms. The number of carbonyl (C=O) groups is 2. The molecule has 2 amide bonds. The number of hydrogen-bond donors (Lipinski definition) is 3. The Labute approximate surface area is 136 Å². The Bertz CT molecular complexity index is 508. The quantitative estimate of drug-likeness (QED) is 0.650. The molecule has 1 atom stereocenters. The number of carboxylic acids is 1. The maximum atomic E-state index is 11.8. The molecule has 0 spiro atoms. The predicted molar refractivity (Wildman–Crippen MR) is 87.2 cm³/mol. The van der Waals surface area contributed by atoms with Crippen molar-refractivity contribution < 1.29 is 14.7 Å². The number of hydrogen-bond acceptors (Lipinski definition) is 2. The maximum absolute atomic E-state index is 11.8. The van der Waals surface area contributed by atoms with Gasteiger partial charge in [0.1, 0.15) is 6.04 Å². The number of carbonyl (C=O) groups excluding carboxylic acids is 1. The largest absolute Gasteiger partial charge is 0.480 e. The average Bonchev–Trinajstić information content (AvgIpc) is 2.31. The number of benzene rings is 1. The molecule has 0 bridgehead atoms. The van der Waals surface area contributed by atoms with Crippen LogP contribution in [0.1, 0.15) is 20.3 Å². The van der Waals surface area contributed by atoms with Gasteiger partial charge in [-0.1, -0.05) is 25.4 Å². The van der Waals surface area contributed by atoms with Crippen LogP contribution in [0.3, 0.4) is 0 Å². The van der Waals surface area contributed by atoms with Crippen molar-refractivity contribution in [1.29, 1.82) is 0 Å². The summed E-state index contributed by atoms with van der Waals surface area (Å²) in [5.41, 5.74) is 0.584. The first-order chi connectivity index (χ1) is 9.29. The van der Waals surface area contributed by atoms with E-state index in [-0.39, 0.29) is 5.92 Å². The maximum Gasteiger partial charge on any atom is 0.326 e. The van der Waals surface area contributed by atoms with Gasteiger partial charge in [0.15, 0.2) is 0 Å². The fourth-order valence-corrected chi connectivity index (χ4v) is 2.61. The van der Waals surface area contributed by atoms with Crippen molar-refractivity contribution in [1.82, 2.24) is 5.32 Å². The highest BCUT2D eigenvalue weighted by Crippen LogP contribution is 2.22. The minimum atomic E-state index is -1.04. The van der Waals surface area contributed by atoms with Crippen molar-refractivity contribution in [2.45, 2.75) is 26.3 Å². The van der Waals surface area contributed by atoms with Gasteiger partial charge in [0, 0.05) is 8.59 Å². The van der Waals surface area contributed by atoms with Gasteiger partial charge < -0.3 is 15.7 Å². The summed E-state index contributed by atoms with van der Waals surface area (Å²) in [6.45, 7) is 3.80. The van der Waals surface area contributed by atoms with E-state index < -0.39 is 18.0 Å². The molecule has 0 heterocycles. The first-order valence-electron chi connectivity index (χ1n) is 6.05. The van der Waals surface area contributed by atoms with Crippen LogP contribution in [-0.2, 0) is 4.79 Å². The summed E-state index contributed by atoms with van der Waals surface area (Å²) in [5.74, 6) is -0.869. The molecule has 0 aliphatic heterocycles. The monoisotopic (exact) mass is 410 g/mol. The van der Waals surface area contributed by atoms with E-state index in [1.54, 1.807) is 18.2 Å². The number of aliphatic carboxylic acids is 1. The van der Waals surface area contributed by atoms with Gasteiger partial charge in [-0.15, -0.1) is 0 Å². The lowest BCUT2D eigenvalue weighted by Crippen LogP contribution is -2.43. The molecule has 20 heavy (non-hydrogen) atoms. The Hall–Kier alpha value is -1.02. The number of carboxylic acid groups (broad SMARTS) is 1. The molecule has 0 radical (unpaired) electrons. The second-order valence-electron chi connectivity index (χ2n) is 4.74. The molecule has 1 rings (SSSR count). The first kappa shape index (κ1) is 17.0. The van der Waals surface area contributed by atoms with Crippen LogP contribution in [0.2, 0.25) is 5.02 Å². The van der Waals surface area contributed by atoms with Gasteiger partial charge in [-0.05, 0) is 53.1 Å². The third kappa shape index (κ3) is 5.54. The van der Waals surface area contributed by atoms with Crippen LogP contribution in [-0.4, -0.2) is 23.1 Å². The fourth-order valence-electron chi connectivity index (χ4n) is 1.60. The van der Waals surface area contributed by atoms with E-state index in [1.807, 2.05) is 36.4 Å². The Balaban J connectivity index is 2.68. The summed E-state index contributed by atoms with van der Waals surface area (Å²) >= 11 is 7.87. The van der Waals surface area contributed by atoms with Gasteiger partial charge in [0.25, 0.3) is 0 Å². The summed E-state index contributed by atoms with van der Waals surface area (Å²) in [4.78, 5) is 22.9. The topological polar surface area (TPSA) is 78.4 Å². The molecule has 0 aromatic heterocycles. The highest BCUT2D eigenvalue weighted by Gasteiger charge is 2.21. The van der Waals surface area contributed by atoms with Crippen LogP contribution in [0.5, 0.6) is 0 Å². The molecule has 0 saturated carbocycles. The van der Waals surface area contributed by atoms with Crippen molar-refractivity contribution in [3.8, 4) is 0 Å². The van der Waals surface area contributed by atoms with Gasteiger partial charge in [-0.25, -0.2) is 9.59 Å². The SMILES string of the molecule is CC(C)CC(NC(=O)Nc1ccc(Cl)cc1I)C(=O)O. The summed E-state index contributed by atoms with van der Waals surface area (Å²) in [6.07, 6.45) is 0.375.